The summed E-state index contributed by atoms with van der Waals surface area (Å²) < 4.78 is 15.9. The van der Waals surface area contributed by atoms with Crippen molar-refractivity contribution in [3.63, 3.8) is 0 Å². The minimum absolute atomic E-state index is 0.236. The lowest BCUT2D eigenvalue weighted by Crippen LogP contribution is -2.30. The highest BCUT2D eigenvalue weighted by atomic mass is 32.1. The Labute approximate surface area is 117 Å². The molecule has 1 aromatic carbocycles. The maximum Gasteiger partial charge on any atom is 0.227 e. The van der Waals surface area contributed by atoms with Crippen LogP contribution < -0.4 is 0 Å². The second-order valence-corrected chi connectivity index (χ2v) is 4.94. The van der Waals surface area contributed by atoms with E-state index in [-0.39, 0.29) is 6.42 Å². The number of rotatable bonds is 5. The molecule has 1 aliphatic rings. The Morgan fingerprint density at radius 1 is 1.33 bits per heavy atom. The van der Waals surface area contributed by atoms with Crippen molar-refractivity contribution in [3.05, 3.63) is 35.9 Å². The first-order valence-electron chi connectivity index (χ1n) is 7.39. The largest absolute Gasteiger partial charge is 0.307 e. The van der Waals surface area contributed by atoms with Crippen molar-refractivity contribution < 1.29 is 7.54 Å². The average Bonchev–Trinajstić information content (AvgIpc) is 2.85. The van der Waals surface area contributed by atoms with Crippen LogP contribution in [0.1, 0.15) is 40.4 Å². The maximum atomic E-state index is 12.2. The summed E-state index contributed by atoms with van der Waals surface area (Å²) in [7, 11) is 0. The summed E-state index contributed by atoms with van der Waals surface area (Å²) in [6.45, 7) is 0.565. The van der Waals surface area contributed by atoms with E-state index in [2.05, 4.69) is 0 Å². The van der Waals surface area contributed by atoms with E-state index in [1.807, 2.05) is 30.3 Å². The number of carbonyl (C=O) groups is 1. The van der Waals surface area contributed by atoms with Crippen LogP contribution in [-0.4, -0.2) is 22.3 Å². The standard InChI is InChI=1S/C15H19NOS/c17-14(16-12-6-11-15(16)18)10-5-4-9-13-7-2-1-3-8-13/h1-3,7-8H,4-6,9-12H2/i10D2. The van der Waals surface area contributed by atoms with Gasteiger partial charge in [-0.2, -0.15) is 0 Å². The quantitative estimate of drug-likeness (QED) is 0.759. The van der Waals surface area contributed by atoms with Crippen molar-refractivity contribution in [2.24, 2.45) is 0 Å². The Hall–Kier alpha value is -1.22. The van der Waals surface area contributed by atoms with Gasteiger partial charge in [-0.1, -0.05) is 42.5 Å². The van der Waals surface area contributed by atoms with Crippen LogP contribution >= 0.6 is 12.2 Å². The molecule has 0 N–H and O–H groups in total. The second-order valence-electron chi connectivity index (χ2n) is 4.47. The number of carbonyl (C=O) groups excluding carboxylic acids is 1. The fraction of sp³-hybridized carbons (Fsp3) is 0.467. The molecule has 1 fully saturated rings. The molecule has 1 aromatic rings. The predicted molar refractivity (Wildman–Crippen MR) is 77.5 cm³/mol. The first kappa shape index (κ1) is 10.7. The van der Waals surface area contributed by atoms with Crippen LogP contribution in [-0.2, 0) is 11.2 Å². The Kier molecular flexibility index (Phi) is 3.94. The third-order valence-corrected chi connectivity index (χ3v) is 3.50. The molecule has 2 rings (SSSR count). The van der Waals surface area contributed by atoms with Gasteiger partial charge in [0.05, 0.1) is 4.99 Å². The van der Waals surface area contributed by atoms with Gasteiger partial charge in [0.2, 0.25) is 5.91 Å². The molecule has 0 atom stereocenters. The molecule has 1 aliphatic heterocycles. The summed E-state index contributed by atoms with van der Waals surface area (Å²) >= 11 is 5.11. The topological polar surface area (TPSA) is 20.3 Å². The maximum absolute atomic E-state index is 12.2. The summed E-state index contributed by atoms with van der Waals surface area (Å²) in [5.74, 6) is -0.465. The number of hydrogen-bond acceptors (Lipinski definition) is 2. The first-order valence-corrected chi connectivity index (χ1v) is 6.80. The van der Waals surface area contributed by atoms with E-state index in [4.69, 9.17) is 15.0 Å². The van der Waals surface area contributed by atoms with Crippen molar-refractivity contribution in [1.29, 1.82) is 0 Å². The highest BCUT2D eigenvalue weighted by Crippen LogP contribution is 2.14. The molecule has 2 nitrogen and oxygen atoms in total. The lowest BCUT2D eigenvalue weighted by Gasteiger charge is -2.15. The van der Waals surface area contributed by atoms with Gasteiger partial charge >= 0.3 is 0 Å². The van der Waals surface area contributed by atoms with Gasteiger partial charge in [-0.3, -0.25) is 4.79 Å². The van der Waals surface area contributed by atoms with E-state index in [1.165, 1.54) is 10.5 Å². The molecule has 1 heterocycles. The first-order chi connectivity index (χ1) is 9.50. The number of thiocarbonyl (C=S) groups is 1. The molecule has 0 aliphatic carbocycles. The number of benzene rings is 1. The molecule has 0 bridgehead atoms. The minimum atomic E-state index is -1.82. The zero-order valence-corrected chi connectivity index (χ0v) is 11.2. The highest BCUT2D eigenvalue weighted by Gasteiger charge is 2.22. The van der Waals surface area contributed by atoms with Crippen LogP contribution in [0.3, 0.4) is 0 Å². The van der Waals surface area contributed by atoms with Gasteiger partial charge < -0.3 is 4.90 Å². The van der Waals surface area contributed by atoms with Crippen molar-refractivity contribution in [3.8, 4) is 0 Å². The molecule has 18 heavy (non-hydrogen) atoms. The minimum Gasteiger partial charge on any atom is -0.307 e. The number of aryl methyl sites for hydroxylation is 1. The Bertz CT molecular complexity index is 490. The highest BCUT2D eigenvalue weighted by molar-refractivity contribution is 7.80. The van der Waals surface area contributed by atoms with Gasteiger partial charge in [-0.15, -0.1) is 0 Å². The van der Waals surface area contributed by atoms with E-state index in [0.29, 0.717) is 18.0 Å². The number of likely N-dealkylation sites (tertiary alicyclic amines) is 1. The Morgan fingerprint density at radius 3 is 2.78 bits per heavy atom. The molecule has 0 spiro atoms. The summed E-state index contributed by atoms with van der Waals surface area (Å²) in [5.41, 5.74) is 1.17. The van der Waals surface area contributed by atoms with E-state index >= 15 is 0 Å². The fourth-order valence-electron chi connectivity index (χ4n) is 2.09. The molecule has 0 aromatic heterocycles. The van der Waals surface area contributed by atoms with Crippen LogP contribution in [0.5, 0.6) is 0 Å². The van der Waals surface area contributed by atoms with Crippen LogP contribution in [0.15, 0.2) is 30.3 Å². The summed E-state index contributed by atoms with van der Waals surface area (Å²) in [5, 5.41) is 0. The predicted octanol–water partition coefficient (Wildman–Crippen LogP) is 3.35. The van der Waals surface area contributed by atoms with Crippen molar-refractivity contribution >= 4 is 23.1 Å². The monoisotopic (exact) mass is 263 g/mol. The number of nitrogens with zero attached hydrogens (tertiary/aromatic N) is 1. The van der Waals surface area contributed by atoms with Gasteiger partial charge in [-0.25, -0.2) is 0 Å². The molecule has 1 saturated heterocycles. The summed E-state index contributed by atoms with van der Waals surface area (Å²) in [4.78, 5) is 14.2. The van der Waals surface area contributed by atoms with Crippen LogP contribution in [0.2, 0.25) is 0 Å². The molecular formula is C15H19NOS. The smallest absolute Gasteiger partial charge is 0.227 e. The molecule has 0 radical (unpaired) electrons. The molecule has 96 valence electrons. The third-order valence-electron chi connectivity index (χ3n) is 3.08. The molecule has 0 saturated carbocycles. The summed E-state index contributed by atoms with van der Waals surface area (Å²) in [6.07, 6.45) is 1.44. The summed E-state index contributed by atoms with van der Waals surface area (Å²) in [6, 6.07) is 9.94. The van der Waals surface area contributed by atoms with Crippen LogP contribution in [0, 0.1) is 0 Å². The lowest BCUT2D eigenvalue weighted by atomic mass is 10.1. The Morgan fingerprint density at radius 2 is 2.11 bits per heavy atom. The Balaban J connectivity index is 1.87. The zero-order chi connectivity index (χ0) is 14.6. The van der Waals surface area contributed by atoms with Gasteiger partial charge in [0, 0.05) is 22.1 Å². The number of amides is 1. The normalized spacial score (nSPS) is 17.6. The van der Waals surface area contributed by atoms with Crippen LogP contribution in [0.4, 0.5) is 0 Å². The van der Waals surface area contributed by atoms with Gasteiger partial charge in [0.25, 0.3) is 0 Å². The SMILES string of the molecule is [2H]C([2H])(CCCc1ccccc1)C(=O)N1CCCC1=S. The molecule has 3 heteroatoms. The van der Waals surface area contributed by atoms with Gasteiger partial charge in [0.1, 0.15) is 0 Å². The third kappa shape index (κ3) is 3.64. The molecular weight excluding hydrogens is 242 g/mol. The van der Waals surface area contributed by atoms with E-state index in [1.54, 1.807) is 0 Å². The zero-order valence-electron chi connectivity index (χ0n) is 12.4. The van der Waals surface area contributed by atoms with Crippen molar-refractivity contribution in [2.75, 3.05) is 6.54 Å². The van der Waals surface area contributed by atoms with Crippen molar-refractivity contribution in [2.45, 2.75) is 38.5 Å². The molecule has 1 amide bonds. The van der Waals surface area contributed by atoms with E-state index in [0.717, 1.165) is 19.3 Å². The number of hydrogen-bond donors (Lipinski definition) is 0. The second kappa shape index (κ2) is 6.64. The average molecular weight is 263 g/mol. The van der Waals surface area contributed by atoms with Gasteiger partial charge in [0.15, 0.2) is 0 Å². The van der Waals surface area contributed by atoms with Crippen LogP contribution in [0.25, 0.3) is 0 Å². The van der Waals surface area contributed by atoms with E-state index in [9.17, 15) is 4.79 Å². The van der Waals surface area contributed by atoms with Crippen molar-refractivity contribution in [1.82, 2.24) is 4.90 Å². The van der Waals surface area contributed by atoms with E-state index < -0.39 is 12.3 Å². The van der Waals surface area contributed by atoms with Gasteiger partial charge in [-0.05, 0) is 31.2 Å². The molecule has 0 unspecified atom stereocenters. The fourth-order valence-corrected chi connectivity index (χ4v) is 2.41. The lowest BCUT2D eigenvalue weighted by molar-refractivity contribution is -0.127.